The van der Waals surface area contributed by atoms with Crippen molar-refractivity contribution in [3.05, 3.63) is 65.4 Å². The highest BCUT2D eigenvalue weighted by Gasteiger charge is 2.22. The van der Waals surface area contributed by atoms with Gasteiger partial charge in [-0.2, -0.15) is 0 Å². The number of nitrogens with zero attached hydrogens (tertiary/aromatic N) is 2. The number of piperazine rings is 1. The molecule has 0 unspecified atom stereocenters. The van der Waals surface area contributed by atoms with Crippen LogP contribution in [0.2, 0.25) is 0 Å². The molecule has 1 fully saturated rings. The maximum Gasteiger partial charge on any atom is 0.253 e. The Labute approximate surface area is 148 Å². The number of nitrogens with one attached hydrogen (secondary N) is 1. The monoisotopic (exact) mass is 333 g/mol. The van der Waals surface area contributed by atoms with Gasteiger partial charge in [0.25, 0.3) is 5.91 Å². The second-order valence-corrected chi connectivity index (χ2v) is 6.75. The number of amides is 1. The first-order valence-electron chi connectivity index (χ1n) is 8.81. The number of hydrogen-bond acceptors (Lipinski definition) is 2. The van der Waals surface area contributed by atoms with Crippen molar-refractivity contribution in [2.45, 2.75) is 13.8 Å². The number of aromatic nitrogens is 1. The highest BCUT2D eigenvalue weighted by atomic mass is 16.2. The highest BCUT2D eigenvalue weighted by Crippen LogP contribution is 2.23. The quantitative estimate of drug-likeness (QED) is 0.776. The van der Waals surface area contributed by atoms with Crippen LogP contribution in [0, 0.1) is 13.8 Å². The van der Waals surface area contributed by atoms with Crippen molar-refractivity contribution < 1.29 is 4.79 Å². The summed E-state index contributed by atoms with van der Waals surface area (Å²) in [4.78, 5) is 20.6. The lowest BCUT2D eigenvalue weighted by Gasteiger charge is -2.36. The summed E-state index contributed by atoms with van der Waals surface area (Å²) < 4.78 is 0. The second kappa shape index (κ2) is 6.28. The molecule has 1 saturated heterocycles. The zero-order chi connectivity index (χ0) is 17.4. The lowest BCUT2D eigenvalue weighted by molar-refractivity contribution is 0.0747. The third kappa shape index (κ3) is 2.88. The Kier molecular flexibility index (Phi) is 3.96. The minimum atomic E-state index is 0.132. The Morgan fingerprint density at radius 3 is 2.40 bits per heavy atom. The van der Waals surface area contributed by atoms with Crippen LogP contribution in [0.5, 0.6) is 0 Å². The van der Waals surface area contributed by atoms with E-state index in [4.69, 9.17) is 0 Å². The largest absolute Gasteiger partial charge is 0.368 e. The summed E-state index contributed by atoms with van der Waals surface area (Å²) >= 11 is 0. The van der Waals surface area contributed by atoms with E-state index in [-0.39, 0.29) is 5.91 Å². The van der Waals surface area contributed by atoms with Crippen LogP contribution < -0.4 is 4.90 Å². The number of anilines is 1. The van der Waals surface area contributed by atoms with Gasteiger partial charge < -0.3 is 14.8 Å². The smallest absolute Gasteiger partial charge is 0.253 e. The van der Waals surface area contributed by atoms with Crippen molar-refractivity contribution in [3.8, 4) is 0 Å². The fourth-order valence-electron chi connectivity index (χ4n) is 3.58. The first-order chi connectivity index (χ1) is 12.1. The first-order valence-corrected chi connectivity index (χ1v) is 8.81. The molecule has 3 aromatic rings. The number of aromatic amines is 1. The molecule has 0 bridgehead atoms. The standard InChI is InChI=1S/C21H23N3O/c1-15-16(2)22-20-9-8-17(14-19(15)20)21(25)24-12-10-23(11-13-24)18-6-4-3-5-7-18/h3-9,14,22H,10-13H2,1-2H3. The van der Waals surface area contributed by atoms with Crippen molar-refractivity contribution >= 4 is 22.5 Å². The van der Waals surface area contributed by atoms with Crippen molar-refractivity contribution in [3.63, 3.8) is 0 Å². The zero-order valence-corrected chi connectivity index (χ0v) is 14.7. The lowest BCUT2D eigenvalue weighted by atomic mass is 10.1. The van der Waals surface area contributed by atoms with E-state index >= 15 is 0 Å². The van der Waals surface area contributed by atoms with Crippen LogP contribution >= 0.6 is 0 Å². The average Bonchev–Trinajstić information content (AvgIpc) is 2.95. The molecule has 1 N–H and O–H groups in total. The molecule has 4 heteroatoms. The number of aryl methyl sites for hydroxylation is 2. The molecular weight excluding hydrogens is 310 g/mol. The molecule has 1 aromatic heterocycles. The molecule has 1 aliphatic heterocycles. The van der Waals surface area contributed by atoms with Crippen molar-refractivity contribution in [1.82, 2.24) is 9.88 Å². The molecule has 2 aromatic carbocycles. The summed E-state index contributed by atoms with van der Waals surface area (Å²) in [6, 6.07) is 16.4. The van der Waals surface area contributed by atoms with Gasteiger partial charge in [0.1, 0.15) is 0 Å². The van der Waals surface area contributed by atoms with E-state index < -0.39 is 0 Å². The average molecular weight is 333 g/mol. The SMILES string of the molecule is Cc1[nH]c2ccc(C(=O)N3CCN(c4ccccc4)CC3)cc2c1C. The summed E-state index contributed by atoms with van der Waals surface area (Å²) in [6.45, 7) is 7.44. The molecule has 1 aliphatic rings. The third-order valence-electron chi connectivity index (χ3n) is 5.24. The number of H-pyrrole nitrogens is 1. The minimum Gasteiger partial charge on any atom is -0.368 e. The van der Waals surface area contributed by atoms with Crippen LogP contribution in [0.15, 0.2) is 48.5 Å². The molecule has 128 valence electrons. The van der Waals surface area contributed by atoms with E-state index in [1.807, 2.05) is 29.2 Å². The predicted molar refractivity (Wildman–Crippen MR) is 102 cm³/mol. The van der Waals surface area contributed by atoms with E-state index in [1.165, 1.54) is 11.3 Å². The van der Waals surface area contributed by atoms with Gasteiger partial charge in [0.05, 0.1) is 0 Å². The predicted octanol–water partition coefficient (Wildman–Crippen LogP) is 3.75. The Morgan fingerprint density at radius 2 is 1.68 bits per heavy atom. The Morgan fingerprint density at radius 1 is 0.960 bits per heavy atom. The van der Waals surface area contributed by atoms with Crippen LogP contribution in [-0.4, -0.2) is 42.0 Å². The molecule has 0 radical (unpaired) electrons. The van der Waals surface area contributed by atoms with Gasteiger partial charge in [0.2, 0.25) is 0 Å². The minimum absolute atomic E-state index is 0.132. The summed E-state index contributed by atoms with van der Waals surface area (Å²) in [5, 5.41) is 1.14. The van der Waals surface area contributed by atoms with Crippen molar-refractivity contribution in [2.75, 3.05) is 31.1 Å². The molecular formula is C21H23N3O. The summed E-state index contributed by atoms with van der Waals surface area (Å²) in [5.74, 6) is 0.132. The van der Waals surface area contributed by atoms with Gasteiger partial charge in [-0.1, -0.05) is 18.2 Å². The van der Waals surface area contributed by atoms with Crippen LogP contribution in [0.1, 0.15) is 21.6 Å². The number of benzene rings is 2. The first kappa shape index (κ1) is 15.8. The van der Waals surface area contributed by atoms with E-state index in [0.29, 0.717) is 0 Å². The molecule has 4 nitrogen and oxygen atoms in total. The van der Waals surface area contributed by atoms with Gasteiger partial charge in [-0.3, -0.25) is 4.79 Å². The number of hydrogen-bond donors (Lipinski definition) is 1. The Balaban J connectivity index is 1.50. The second-order valence-electron chi connectivity index (χ2n) is 6.75. The zero-order valence-electron chi connectivity index (χ0n) is 14.7. The van der Waals surface area contributed by atoms with Crippen LogP contribution in [-0.2, 0) is 0 Å². The number of carbonyl (C=O) groups is 1. The molecule has 2 heterocycles. The van der Waals surface area contributed by atoms with Crippen LogP contribution in [0.3, 0.4) is 0 Å². The van der Waals surface area contributed by atoms with Gasteiger partial charge in [-0.15, -0.1) is 0 Å². The van der Waals surface area contributed by atoms with Gasteiger partial charge in [-0.05, 0) is 49.7 Å². The number of carbonyl (C=O) groups excluding carboxylic acids is 1. The Bertz CT molecular complexity index is 906. The fraction of sp³-hybridized carbons (Fsp3) is 0.286. The van der Waals surface area contributed by atoms with E-state index in [9.17, 15) is 4.79 Å². The van der Waals surface area contributed by atoms with Crippen molar-refractivity contribution in [1.29, 1.82) is 0 Å². The molecule has 0 spiro atoms. The van der Waals surface area contributed by atoms with Crippen molar-refractivity contribution in [2.24, 2.45) is 0 Å². The number of fused-ring (bicyclic) bond motifs is 1. The normalized spacial score (nSPS) is 15.0. The molecule has 4 rings (SSSR count). The Hall–Kier alpha value is -2.75. The molecule has 0 saturated carbocycles. The topological polar surface area (TPSA) is 39.3 Å². The summed E-state index contributed by atoms with van der Waals surface area (Å²) in [6.07, 6.45) is 0. The molecule has 0 atom stereocenters. The van der Waals surface area contributed by atoms with E-state index in [1.54, 1.807) is 0 Å². The maximum atomic E-state index is 12.9. The molecule has 25 heavy (non-hydrogen) atoms. The molecule has 1 amide bonds. The van der Waals surface area contributed by atoms with E-state index in [2.05, 4.69) is 48.0 Å². The van der Waals surface area contributed by atoms with Gasteiger partial charge in [0.15, 0.2) is 0 Å². The van der Waals surface area contributed by atoms with Gasteiger partial charge in [0, 0.05) is 54.0 Å². The van der Waals surface area contributed by atoms with E-state index in [0.717, 1.165) is 48.3 Å². The lowest BCUT2D eigenvalue weighted by Crippen LogP contribution is -2.48. The highest BCUT2D eigenvalue weighted by molar-refractivity contribution is 5.99. The van der Waals surface area contributed by atoms with Crippen LogP contribution in [0.25, 0.3) is 10.9 Å². The fourth-order valence-corrected chi connectivity index (χ4v) is 3.58. The van der Waals surface area contributed by atoms with Gasteiger partial charge in [-0.25, -0.2) is 0 Å². The van der Waals surface area contributed by atoms with Gasteiger partial charge >= 0.3 is 0 Å². The summed E-state index contributed by atoms with van der Waals surface area (Å²) in [7, 11) is 0. The molecule has 0 aliphatic carbocycles. The summed E-state index contributed by atoms with van der Waals surface area (Å²) in [5.41, 5.74) is 5.49. The third-order valence-corrected chi connectivity index (χ3v) is 5.24. The number of para-hydroxylation sites is 1. The number of rotatable bonds is 2. The van der Waals surface area contributed by atoms with Crippen LogP contribution in [0.4, 0.5) is 5.69 Å². The maximum absolute atomic E-state index is 12.9.